The number of benzene rings is 7. The van der Waals surface area contributed by atoms with E-state index in [9.17, 15) is 9.59 Å². The quantitative estimate of drug-likeness (QED) is 0.114. The highest BCUT2D eigenvalue weighted by Gasteiger charge is 2.25. The van der Waals surface area contributed by atoms with Crippen LogP contribution in [-0.2, 0) is 20.4 Å². The standard InChI is InChI=1S/C53H52N4O2/c1-38-17-25-44(26-18-38)56(47-31-23-43(24-32-47)55-51(59)37-50(58)54-6)48-33-35-49(36-34-48)57(45-27-19-41(20-28-45)52(2,3)39-13-9-7-10-14-39)46-29-21-42(22-30-46)53(4,5)40-15-11-8-12-16-40/h7-36H,37H2,1-6H3,(H,54,58)(H,55,59). The van der Waals surface area contributed by atoms with E-state index in [2.05, 4.69) is 213 Å². The molecule has 7 rings (SSSR count). The van der Waals surface area contributed by atoms with Gasteiger partial charge in [0.1, 0.15) is 6.42 Å². The van der Waals surface area contributed by atoms with E-state index in [-0.39, 0.29) is 29.1 Å². The lowest BCUT2D eigenvalue weighted by Gasteiger charge is -2.31. The maximum absolute atomic E-state index is 12.4. The van der Waals surface area contributed by atoms with Crippen molar-refractivity contribution in [1.29, 1.82) is 0 Å². The van der Waals surface area contributed by atoms with E-state index in [1.54, 1.807) is 0 Å². The van der Waals surface area contributed by atoms with Crippen molar-refractivity contribution < 1.29 is 9.59 Å². The Morgan fingerprint density at radius 3 is 1.08 bits per heavy atom. The minimum absolute atomic E-state index is 0.161. The predicted molar refractivity (Wildman–Crippen MR) is 245 cm³/mol. The second kappa shape index (κ2) is 17.3. The fraction of sp³-hybridized carbons (Fsp3) is 0.170. The van der Waals surface area contributed by atoms with E-state index in [4.69, 9.17) is 0 Å². The molecule has 0 fully saturated rings. The summed E-state index contributed by atoms with van der Waals surface area (Å²) in [5, 5.41) is 5.32. The van der Waals surface area contributed by atoms with Crippen LogP contribution in [0.3, 0.4) is 0 Å². The van der Waals surface area contributed by atoms with Crippen LogP contribution in [0.25, 0.3) is 0 Å². The normalized spacial score (nSPS) is 11.4. The molecule has 0 aromatic heterocycles. The summed E-state index contributed by atoms with van der Waals surface area (Å²) in [6.45, 7) is 11.2. The van der Waals surface area contributed by atoms with Gasteiger partial charge in [-0.25, -0.2) is 0 Å². The molecule has 2 N–H and O–H groups in total. The summed E-state index contributed by atoms with van der Waals surface area (Å²) in [7, 11) is 1.52. The average molecular weight is 777 g/mol. The first-order valence-corrected chi connectivity index (χ1v) is 20.1. The highest BCUT2D eigenvalue weighted by Crippen LogP contribution is 2.42. The Labute approximate surface area is 349 Å². The first kappa shape index (κ1) is 40.3. The van der Waals surface area contributed by atoms with Crippen LogP contribution in [-0.4, -0.2) is 18.9 Å². The van der Waals surface area contributed by atoms with Crippen LogP contribution in [0.2, 0.25) is 0 Å². The van der Waals surface area contributed by atoms with Gasteiger partial charge in [-0.05, 0) is 114 Å². The van der Waals surface area contributed by atoms with Gasteiger partial charge < -0.3 is 20.4 Å². The molecule has 0 spiro atoms. The van der Waals surface area contributed by atoms with Gasteiger partial charge in [0.2, 0.25) is 11.8 Å². The molecule has 7 aromatic rings. The molecule has 0 bridgehead atoms. The third-order valence-corrected chi connectivity index (χ3v) is 11.4. The summed E-state index contributed by atoms with van der Waals surface area (Å²) in [6, 6.07) is 64.0. The maximum Gasteiger partial charge on any atom is 0.233 e. The van der Waals surface area contributed by atoms with Gasteiger partial charge >= 0.3 is 0 Å². The molecule has 2 amide bonds. The van der Waals surface area contributed by atoms with Crippen molar-refractivity contribution in [2.45, 2.75) is 51.9 Å². The SMILES string of the molecule is CNC(=O)CC(=O)Nc1ccc(N(c2ccc(C)cc2)c2ccc(N(c3ccc(C(C)(C)c4ccccc4)cc3)c3ccc(C(C)(C)c4ccccc4)cc3)cc2)cc1. The molecule has 0 aliphatic rings. The molecule has 296 valence electrons. The van der Waals surface area contributed by atoms with Crippen LogP contribution in [0.1, 0.15) is 61.9 Å². The third kappa shape index (κ3) is 8.98. The molecule has 0 aliphatic carbocycles. The maximum atomic E-state index is 12.4. The summed E-state index contributed by atoms with van der Waals surface area (Å²) in [4.78, 5) is 28.7. The summed E-state index contributed by atoms with van der Waals surface area (Å²) in [5.74, 6) is -0.698. The Morgan fingerprint density at radius 2 is 0.729 bits per heavy atom. The van der Waals surface area contributed by atoms with Gasteiger partial charge in [0, 0.05) is 57.7 Å². The van der Waals surface area contributed by atoms with Crippen molar-refractivity contribution in [2.75, 3.05) is 22.2 Å². The molecule has 6 heteroatoms. The lowest BCUT2D eigenvalue weighted by atomic mass is 9.78. The lowest BCUT2D eigenvalue weighted by Crippen LogP contribution is -2.24. The number of hydrogen-bond acceptors (Lipinski definition) is 4. The molecular formula is C53H52N4O2. The summed E-state index contributed by atoms with van der Waals surface area (Å²) in [5.41, 5.74) is 12.6. The smallest absolute Gasteiger partial charge is 0.233 e. The minimum atomic E-state index is -0.364. The minimum Gasteiger partial charge on any atom is -0.359 e. The largest absolute Gasteiger partial charge is 0.359 e. The van der Waals surface area contributed by atoms with Crippen molar-refractivity contribution in [3.8, 4) is 0 Å². The van der Waals surface area contributed by atoms with E-state index in [0.717, 1.165) is 34.1 Å². The van der Waals surface area contributed by atoms with E-state index >= 15 is 0 Å². The fourth-order valence-electron chi connectivity index (χ4n) is 7.57. The molecule has 6 nitrogen and oxygen atoms in total. The highest BCUT2D eigenvalue weighted by molar-refractivity contribution is 6.03. The van der Waals surface area contributed by atoms with Crippen molar-refractivity contribution in [1.82, 2.24) is 5.32 Å². The Hall–Kier alpha value is -6.92. The summed E-state index contributed by atoms with van der Waals surface area (Å²) in [6.07, 6.45) is -0.233. The number of carbonyl (C=O) groups excluding carboxylic acids is 2. The molecule has 0 atom stereocenters. The number of amides is 2. The van der Waals surface area contributed by atoms with Gasteiger partial charge in [-0.15, -0.1) is 0 Å². The monoisotopic (exact) mass is 776 g/mol. The number of carbonyl (C=O) groups is 2. The molecule has 0 saturated heterocycles. The van der Waals surface area contributed by atoms with Crippen LogP contribution in [0.4, 0.5) is 39.8 Å². The lowest BCUT2D eigenvalue weighted by molar-refractivity contribution is -0.126. The highest BCUT2D eigenvalue weighted by atomic mass is 16.2. The van der Waals surface area contributed by atoms with E-state index in [1.807, 2.05) is 24.3 Å². The molecule has 7 aromatic carbocycles. The summed E-state index contributed by atoms with van der Waals surface area (Å²) < 4.78 is 0. The number of anilines is 7. The van der Waals surface area contributed by atoms with E-state index in [1.165, 1.54) is 34.9 Å². The second-order valence-electron chi connectivity index (χ2n) is 16.0. The molecule has 0 aliphatic heterocycles. The first-order chi connectivity index (χ1) is 28.4. The van der Waals surface area contributed by atoms with Gasteiger partial charge in [0.25, 0.3) is 0 Å². The number of aryl methyl sites for hydroxylation is 1. The molecular weight excluding hydrogens is 725 g/mol. The topological polar surface area (TPSA) is 64.7 Å². The van der Waals surface area contributed by atoms with Gasteiger partial charge in [-0.2, -0.15) is 0 Å². The zero-order chi connectivity index (χ0) is 41.6. The number of nitrogens with zero attached hydrogens (tertiary/aromatic N) is 2. The fourth-order valence-corrected chi connectivity index (χ4v) is 7.57. The molecule has 0 unspecified atom stereocenters. The van der Waals surface area contributed by atoms with Crippen molar-refractivity contribution in [2.24, 2.45) is 0 Å². The van der Waals surface area contributed by atoms with E-state index < -0.39 is 0 Å². The zero-order valence-corrected chi connectivity index (χ0v) is 34.7. The second-order valence-corrected chi connectivity index (χ2v) is 16.0. The van der Waals surface area contributed by atoms with E-state index in [0.29, 0.717) is 5.69 Å². The zero-order valence-electron chi connectivity index (χ0n) is 34.7. The number of nitrogens with one attached hydrogen (secondary N) is 2. The van der Waals surface area contributed by atoms with Crippen LogP contribution < -0.4 is 20.4 Å². The van der Waals surface area contributed by atoms with Crippen LogP contribution in [0, 0.1) is 6.92 Å². The van der Waals surface area contributed by atoms with Crippen molar-refractivity contribution in [3.63, 3.8) is 0 Å². The number of rotatable bonds is 13. The van der Waals surface area contributed by atoms with Crippen LogP contribution >= 0.6 is 0 Å². The Bertz CT molecular complexity index is 2380. The van der Waals surface area contributed by atoms with Gasteiger partial charge in [0.15, 0.2) is 0 Å². The Morgan fingerprint density at radius 1 is 0.424 bits per heavy atom. The molecule has 0 saturated carbocycles. The van der Waals surface area contributed by atoms with Crippen molar-refractivity contribution >= 4 is 51.6 Å². The Kier molecular flexibility index (Phi) is 11.8. The Balaban J connectivity index is 1.25. The molecule has 0 heterocycles. The number of hydrogen-bond donors (Lipinski definition) is 2. The average Bonchev–Trinajstić information content (AvgIpc) is 3.26. The van der Waals surface area contributed by atoms with Crippen LogP contribution in [0.5, 0.6) is 0 Å². The van der Waals surface area contributed by atoms with Crippen molar-refractivity contribution in [3.05, 3.63) is 210 Å². The van der Waals surface area contributed by atoms with Gasteiger partial charge in [-0.3, -0.25) is 9.59 Å². The van der Waals surface area contributed by atoms with Crippen LogP contribution in [0.15, 0.2) is 182 Å². The summed E-state index contributed by atoms with van der Waals surface area (Å²) >= 11 is 0. The van der Waals surface area contributed by atoms with Gasteiger partial charge in [-0.1, -0.05) is 130 Å². The van der Waals surface area contributed by atoms with Gasteiger partial charge in [0.05, 0.1) is 0 Å². The predicted octanol–water partition coefficient (Wildman–Crippen LogP) is 12.7. The first-order valence-electron chi connectivity index (χ1n) is 20.1. The third-order valence-electron chi connectivity index (χ3n) is 11.4. The molecule has 59 heavy (non-hydrogen) atoms. The molecule has 0 radical (unpaired) electrons.